The number of aliphatic imine (C=N–C) groups is 1. The van der Waals surface area contributed by atoms with Gasteiger partial charge in [0, 0.05) is 57.6 Å². The van der Waals surface area contributed by atoms with Gasteiger partial charge in [-0.05, 0) is 25.8 Å². The highest BCUT2D eigenvalue weighted by atomic mass is 16.6. The molecule has 0 saturated carbocycles. The number of rotatable bonds is 5. The maximum atomic E-state index is 11.8. The zero-order valence-electron chi connectivity index (χ0n) is 17.4. The number of guanidine groups is 1. The molecule has 0 radical (unpaired) electrons. The molecule has 2 aliphatic rings. The summed E-state index contributed by atoms with van der Waals surface area (Å²) in [4.78, 5) is 24.8. The van der Waals surface area contributed by atoms with Crippen molar-refractivity contribution in [3.05, 3.63) is 23.9 Å². The first-order valence-electron chi connectivity index (χ1n) is 10.4. The van der Waals surface area contributed by atoms with Crippen molar-refractivity contribution in [3.63, 3.8) is 0 Å². The number of hydrogen-bond donors (Lipinski definition) is 2. The number of likely N-dealkylation sites (tertiary alicyclic amines) is 1. The van der Waals surface area contributed by atoms with Crippen LogP contribution in [0.1, 0.15) is 25.3 Å². The van der Waals surface area contributed by atoms with Crippen LogP contribution in [0.4, 0.5) is 10.6 Å². The van der Waals surface area contributed by atoms with Crippen LogP contribution in [0, 0.1) is 0 Å². The van der Waals surface area contributed by atoms with Crippen molar-refractivity contribution in [1.82, 2.24) is 20.5 Å². The van der Waals surface area contributed by atoms with Gasteiger partial charge in [-0.1, -0.05) is 6.07 Å². The van der Waals surface area contributed by atoms with Gasteiger partial charge in [-0.3, -0.25) is 4.99 Å². The van der Waals surface area contributed by atoms with Crippen molar-refractivity contribution in [2.75, 3.05) is 57.9 Å². The van der Waals surface area contributed by atoms with E-state index in [1.807, 2.05) is 19.2 Å². The Morgan fingerprint density at radius 1 is 1.31 bits per heavy atom. The van der Waals surface area contributed by atoms with Crippen LogP contribution < -0.4 is 15.5 Å². The van der Waals surface area contributed by atoms with Crippen molar-refractivity contribution in [2.24, 2.45) is 4.99 Å². The number of amides is 1. The molecule has 9 heteroatoms. The van der Waals surface area contributed by atoms with Crippen LogP contribution in [0.2, 0.25) is 0 Å². The molecular weight excluding hydrogens is 372 g/mol. The second-order valence-electron chi connectivity index (χ2n) is 7.12. The van der Waals surface area contributed by atoms with Crippen molar-refractivity contribution >= 4 is 17.9 Å². The minimum absolute atomic E-state index is 0.222. The Kier molecular flexibility index (Phi) is 7.92. The zero-order valence-corrected chi connectivity index (χ0v) is 17.4. The third-order valence-electron chi connectivity index (χ3n) is 5.21. The molecule has 1 amide bonds. The van der Waals surface area contributed by atoms with E-state index in [0.717, 1.165) is 56.5 Å². The predicted molar refractivity (Wildman–Crippen MR) is 112 cm³/mol. The van der Waals surface area contributed by atoms with Crippen molar-refractivity contribution < 1.29 is 14.3 Å². The molecule has 2 saturated heterocycles. The Morgan fingerprint density at radius 2 is 2.07 bits per heavy atom. The van der Waals surface area contributed by atoms with E-state index >= 15 is 0 Å². The fourth-order valence-electron chi connectivity index (χ4n) is 3.62. The fraction of sp³-hybridized carbons (Fsp3) is 0.650. The molecular formula is C20H32N6O3. The SMILES string of the molecule is CCOC(=O)N1CCC(NC(=NC)NCc2cccnc2N2CCOCC2)CC1. The maximum Gasteiger partial charge on any atom is 0.409 e. The molecule has 1 aromatic heterocycles. The average Bonchev–Trinajstić information content (AvgIpc) is 2.78. The lowest BCUT2D eigenvalue weighted by atomic mass is 10.1. The highest BCUT2D eigenvalue weighted by molar-refractivity contribution is 5.80. The van der Waals surface area contributed by atoms with Crippen LogP contribution >= 0.6 is 0 Å². The minimum atomic E-state index is -0.222. The lowest BCUT2D eigenvalue weighted by molar-refractivity contribution is 0.0963. The van der Waals surface area contributed by atoms with Crippen LogP contribution in [-0.4, -0.2) is 81.0 Å². The number of morpholine rings is 1. The summed E-state index contributed by atoms with van der Waals surface area (Å²) in [5, 5.41) is 6.87. The van der Waals surface area contributed by atoms with E-state index in [1.165, 1.54) is 0 Å². The summed E-state index contributed by atoms with van der Waals surface area (Å²) in [7, 11) is 1.77. The Balaban J connectivity index is 1.50. The Labute approximate surface area is 172 Å². The number of anilines is 1. The Hall–Kier alpha value is -2.55. The maximum absolute atomic E-state index is 11.8. The predicted octanol–water partition coefficient (Wildman–Crippen LogP) is 1.20. The molecule has 0 aromatic carbocycles. The van der Waals surface area contributed by atoms with Gasteiger partial charge in [-0.15, -0.1) is 0 Å². The standard InChI is InChI=1S/C20H32N6O3/c1-3-29-20(27)26-9-6-17(7-10-26)24-19(21-2)23-15-16-5-4-8-22-18(16)25-11-13-28-14-12-25/h4-5,8,17H,3,6-7,9-15H2,1-2H3,(H2,21,23,24). The lowest BCUT2D eigenvalue weighted by Crippen LogP contribution is -2.49. The molecule has 9 nitrogen and oxygen atoms in total. The third kappa shape index (κ3) is 5.96. The van der Waals surface area contributed by atoms with Gasteiger partial charge < -0.3 is 29.9 Å². The number of piperidine rings is 1. The van der Waals surface area contributed by atoms with E-state index in [4.69, 9.17) is 9.47 Å². The molecule has 2 N–H and O–H groups in total. The van der Waals surface area contributed by atoms with Gasteiger partial charge in [-0.25, -0.2) is 9.78 Å². The number of nitrogens with zero attached hydrogens (tertiary/aromatic N) is 4. The van der Waals surface area contributed by atoms with E-state index < -0.39 is 0 Å². The summed E-state index contributed by atoms with van der Waals surface area (Å²) in [6, 6.07) is 4.33. The second-order valence-corrected chi connectivity index (χ2v) is 7.12. The molecule has 160 valence electrons. The Morgan fingerprint density at radius 3 is 2.76 bits per heavy atom. The lowest BCUT2D eigenvalue weighted by Gasteiger charge is -2.32. The van der Waals surface area contributed by atoms with Crippen LogP contribution in [0.15, 0.2) is 23.3 Å². The number of carbonyl (C=O) groups is 1. The molecule has 2 fully saturated rings. The molecule has 0 unspecified atom stereocenters. The van der Waals surface area contributed by atoms with Crippen LogP contribution in [0.3, 0.4) is 0 Å². The van der Waals surface area contributed by atoms with E-state index in [1.54, 1.807) is 11.9 Å². The normalized spacial score (nSPS) is 18.5. The minimum Gasteiger partial charge on any atom is -0.450 e. The first kappa shape index (κ1) is 21.2. The van der Waals surface area contributed by atoms with Gasteiger partial charge in [-0.2, -0.15) is 0 Å². The molecule has 3 heterocycles. The highest BCUT2D eigenvalue weighted by Crippen LogP contribution is 2.18. The average molecular weight is 405 g/mol. The quantitative estimate of drug-likeness (QED) is 0.563. The molecule has 0 spiro atoms. The topological polar surface area (TPSA) is 91.3 Å². The van der Waals surface area contributed by atoms with Crippen LogP contribution in [-0.2, 0) is 16.0 Å². The van der Waals surface area contributed by atoms with Crippen LogP contribution in [0.25, 0.3) is 0 Å². The smallest absolute Gasteiger partial charge is 0.409 e. The van der Waals surface area contributed by atoms with E-state index in [9.17, 15) is 4.79 Å². The summed E-state index contributed by atoms with van der Waals surface area (Å²) >= 11 is 0. The number of pyridine rings is 1. The van der Waals surface area contributed by atoms with Crippen molar-refractivity contribution in [1.29, 1.82) is 0 Å². The molecule has 2 aliphatic heterocycles. The Bertz CT molecular complexity index is 685. The van der Waals surface area contributed by atoms with Gasteiger partial charge in [0.2, 0.25) is 0 Å². The largest absolute Gasteiger partial charge is 0.450 e. The van der Waals surface area contributed by atoms with Crippen LogP contribution in [0.5, 0.6) is 0 Å². The van der Waals surface area contributed by atoms with Gasteiger partial charge in [0.05, 0.1) is 19.8 Å². The first-order chi connectivity index (χ1) is 14.2. The second kappa shape index (κ2) is 10.8. The summed E-state index contributed by atoms with van der Waals surface area (Å²) in [6.07, 6.45) is 3.34. The number of carbonyl (C=O) groups excluding carboxylic acids is 1. The zero-order chi connectivity index (χ0) is 20.5. The first-order valence-corrected chi connectivity index (χ1v) is 10.4. The van der Waals surface area contributed by atoms with Gasteiger partial charge in [0.15, 0.2) is 5.96 Å². The number of aromatic nitrogens is 1. The molecule has 0 bridgehead atoms. The molecule has 1 aromatic rings. The third-order valence-corrected chi connectivity index (χ3v) is 5.21. The monoisotopic (exact) mass is 404 g/mol. The van der Waals surface area contributed by atoms with E-state index in [2.05, 4.69) is 31.6 Å². The summed E-state index contributed by atoms with van der Waals surface area (Å²) < 4.78 is 10.5. The summed E-state index contributed by atoms with van der Waals surface area (Å²) in [5.74, 6) is 1.76. The number of hydrogen-bond acceptors (Lipinski definition) is 6. The number of ether oxygens (including phenoxy) is 2. The summed E-state index contributed by atoms with van der Waals surface area (Å²) in [6.45, 7) is 7.44. The number of nitrogens with one attached hydrogen (secondary N) is 2. The fourth-order valence-corrected chi connectivity index (χ4v) is 3.62. The molecule has 0 aliphatic carbocycles. The van der Waals surface area contributed by atoms with Crippen molar-refractivity contribution in [3.8, 4) is 0 Å². The van der Waals surface area contributed by atoms with Gasteiger partial charge >= 0.3 is 6.09 Å². The highest BCUT2D eigenvalue weighted by Gasteiger charge is 2.24. The molecule has 0 atom stereocenters. The van der Waals surface area contributed by atoms with E-state index in [0.29, 0.717) is 26.2 Å². The summed E-state index contributed by atoms with van der Waals surface area (Å²) in [5.41, 5.74) is 1.13. The van der Waals surface area contributed by atoms with Gasteiger partial charge in [0.1, 0.15) is 5.82 Å². The molecule has 3 rings (SSSR count). The molecule has 29 heavy (non-hydrogen) atoms. The van der Waals surface area contributed by atoms with Gasteiger partial charge in [0.25, 0.3) is 0 Å². The van der Waals surface area contributed by atoms with E-state index in [-0.39, 0.29) is 12.1 Å². The van der Waals surface area contributed by atoms with Crippen molar-refractivity contribution in [2.45, 2.75) is 32.4 Å².